The van der Waals surface area contributed by atoms with Gasteiger partial charge in [0, 0.05) is 19.5 Å². The second-order valence-corrected chi connectivity index (χ2v) is 3.81. The summed E-state index contributed by atoms with van der Waals surface area (Å²) in [5.74, 6) is -0.363. The molecule has 0 aromatic heterocycles. The van der Waals surface area contributed by atoms with E-state index in [1.54, 1.807) is 0 Å². The van der Waals surface area contributed by atoms with Crippen molar-refractivity contribution in [1.29, 1.82) is 0 Å². The van der Waals surface area contributed by atoms with E-state index in [4.69, 9.17) is 58.0 Å². The minimum atomic E-state index is -0.363. The Hall–Kier alpha value is 1.09. The standard InChI is InChI=1S/C6HCl5O.Ru/c7-1-2(8)4(10)6(12)5(11)3(1)9;/h12H;. The average Bonchev–Trinajstić information content (AvgIpc) is 2.08. The minimum absolute atomic E-state index is 0. The van der Waals surface area contributed by atoms with Gasteiger partial charge in [-0.3, -0.25) is 0 Å². The number of benzene rings is 1. The molecule has 0 amide bonds. The van der Waals surface area contributed by atoms with Gasteiger partial charge in [-0.2, -0.15) is 0 Å². The SMILES string of the molecule is Oc1c(Cl)c(Cl)c(Cl)c(Cl)c1Cl.[Ru]. The summed E-state index contributed by atoms with van der Waals surface area (Å²) in [6.07, 6.45) is 0. The molecule has 0 heterocycles. The molecule has 0 radical (unpaired) electrons. The van der Waals surface area contributed by atoms with Crippen LogP contribution in [0.2, 0.25) is 25.1 Å². The fourth-order valence-corrected chi connectivity index (χ4v) is 1.72. The molecular weight excluding hydrogens is 366 g/mol. The number of hydrogen-bond acceptors (Lipinski definition) is 1. The third kappa shape index (κ3) is 2.56. The van der Waals surface area contributed by atoms with Crippen molar-refractivity contribution < 1.29 is 24.6 Å². The van der Waals surface area contributed by atoms with Gasteiger partial charge in [0.15, 0.2) is 5.75 Å². The molecule has 0 aliphatic heterocycles. The molecule has 1 aromatic rings. The fourth-order valence-electron chi connectivity index (χ4n) is 0.593. The summed E-state index contributed by atoms with van der Waals surface area (Å²) in [4.78, 5) is 0. The van der Waals surface area contributed by atoms with Gasteiger partial charge in [-0.15, -0.1) is 0 Å². The molecule has 1 N–H and O–H groups in total. The molecule has 0 saturated heterocycles. The molecule has 1 aromatic carbocycles. The fraction of sp³-hybridized carbons (Fsp3) is 0. The minimum Gasteiger partial charge on any atom is -0.505 e. The Morgan fingerprint density at radius 1 is 0.615 bits per heavy atom. The molecule has 13 heavy (non-hydrogen) atoms. The quantitative estimate of drug-likeness (QED) is 0.402. The average molecular weight is 367 g/mol. The Bertz CT molecular complexity index is 235. The predicted molar refractivity (Wildman–Crippen MR) is 53.2 cm³/mol. The van der Waals surface area contributed by atoms with Crippen molar-refractivity contribution in [3.63, 3.8) is 0 Å². The molecule has 74 valence electrons. The number of hydrogen-bond donors (Lipinski definition) is 1. The predicted octanol–water partition coefficient (Wildman–Crippen LogP) is 4.66. The van der Waals surface area contributed by atoms with Crippen molar-refractivity contribution in [3.8, 4) is 5.75 Å². The van der Waals surface area contributed by atoms with Gasteiger partial charge in [-0.05, 0) is 0 Å². The maximum atomic E-state index is 9.20. The molecule has 0 fully saturated rings. The Balaban J connectivity index is 0.00000144. The van der Waals surface area contributed by atoms with E-state index in [2.05, 4.69) is 0 Å². The molecule has 0 aliphatic rings. The largest absolute Gasteiger partial charge is 0.505 e. The smallest absolute Gasteiger partial charge is 0.155 e. The maximum absolute atomic E-state index is 9.20. The molecule has 0 unspecified atom stereocenters. The number of rotatable bonds is 0. The van der Waals surface area contributed by atoms with Crippen molar-refractivity contribution in [2.24, 2.45) is 0 Å². The van der Waals surface area contributed by atoms with E-state index in [1.807, 2.05) is 0 Å². The van der Waals surface area contributed by atoms with E-state index in [9.17, 15) is 5.11 Å². The van der Waals surface area contributed by atoms with E-state index in [0.717, 1.165) is 0 Å². The van der Waals surface area contributed by atoms with Crippen molar-refractivity contribution in [2.45, 2.75) is 0 Å². The molecule has 0 bridgehead atoms. The van der Waals surface area contributed by atoms with Crippen LogP contribution >= 0.6 is 58.0 Å². The maximum Gasteiger partial charge on any atom is 0.155 e. The first-order valence-electron chi connectivity index (χ1n) is 2.67. The number of phenolic OH excluding ortho intramolecular Hbond substituents is 1. The van der Waals surface area contributed by atoms with Crippen LogP contribution in [0.15, 0.2) is 0 Å². The number of aromatic hydroxyl groups is 1. The molecule has 0 spiro atoms. The molecule has 7 heteroatoms. The topological polar surface area (TPSA) is 20.2 Å². The summed E-state index contributed by atoms with van der Waals surface area (Å²) >= 11 is 27.9. The van der Waals surface area contributed by atoms with Crippen molar-refractivity contribution in [1.82, 2.24) is 0 Å². The zero-order valence-electron chi connectivity index (χ0n) is 5.69. The van der Waals surface area contributed by atoms with Gasteiger partial charge in [-0.1, -0.05) is 58.0 Å². The third-order valence-electron chi connectivity index (χ3n) is 1.19. The second kappa shape index (κ2) is 5.25. The van der Waals surface area contributed by atoms with Crippen LogP contribution in [0.25, 0.3) is 0 Å². The van der Waals surface area contributed by atoms with Gasteiger partial charge in [0.1, 0.15) is 10.0 Å². The van der Waals surface area contributed by atoms with Crippen LogP contribution in [0, 0.1) is 0 Å². The van der Waals surface area contributed by atoms with Crippen molar-refractivity contribution >= 4 is 58.0 Å². The summed E-state index contributed by atoms with van der Waals surface area (Å²) in [6, 6.07) is 0. The van der Waals surface area contributed by atoms with Crippen LogP contribution in [0.5, 0.6) is 5.75 Å². The monoisotopic (exact) mass is 366 g/mol. The molecular formula is C6HCl5ORu. The molecule has 0 atom stereocenters. The van der Waals surface area contributed by atoms with Gasteiger partial charge in [0.05, 0.1) is 15.1 Å². The summed E-state index contributed by atoms with van der Waals surface area (Å²) in [6.45, 7) is 0. The van der Waals surface area contributed by atoms with Crippen LogP contribution in [0.1, 0.15) is 0 Å². The Morgan fingerprint density at radius 3 is 1.15 bits per heavy atom. The summed E-state index contributed by atoms with van der Waals surface area (Å²) in [5, 5.41) is 9.01. The first-order chi connectivity index (χ1) is 5.46. The van der Waals surface area contributed by atoms with Gasteiger partial charge in [0.2, 0.25) is 0 Å². The molecule has 1 rings (SSSR count). The molecule has 0 aliphatic carbocycles. The van der Waals surface area contributed by atoms with Crippen molar-refractivity contribution in [3.05, 3.63) is 25.1 Å². The van der Waals surface area contributed by atoms with Crippen LogP contribution in [-0.4, -0.2) is 5.11 Å². The molecule has 1 nitrogen and oxygen atoms in total. The summed E-state index contributed by atoms with van der Waals surface area (Å²) in [5.41, 5.74) is 0. The van der Waals surface area contributed by atoms with Gasteiger partial charge < -0.3 is 5.11 Å². The van der Waals surface area contributed by atoms with Crippen LogP contribution in [-0.2, 0) is 19.5 Å². The number of halogens is 5. The summed E-state index contributed by atoms with van der Waals surface area (Å²) < 4.78 is 0. The molecule has 0 saturated carbocycles. The van der Waals surface area contributed by atoms with E-state index in [0.29, 0.717) is 0 Å². The normalized spacial score (nSPS) is 9.62. The number of phenols is 1. The van der Waals surface area contributed by atoms with E-state index >= 15 is 0 Å². The Kier molecular flexibility index (Phi) is 5.69. The van der Waals surface area contributed by atoms with Gasteiger partial charge in [-0.25, -0.2) is 0 Å². The first-order valence-corrected chi connectivity index (χ1v) is 4.56. The summed E-state index contributed by atoms with van der Waals surface area (Å²) in [7, 11) is 0. The van der Waals surface area contributed by atoms with Gasteiger partial charge in [0.25, 0.3) is 0 Å². The van der Waals surface area contributed by atoms with E-state index in [-0.39, 0.29) is 50.3 Å². The van der Waals surface area contributed by atoms with Crippen LogP contribution in [0.4, 0.5) is 0 Å². The van der Waals surface area contributed by atoms with Crippen LogP contribution < -0.4 is 0 Å². The first kappa shape index (κ1) is 14.1. The zero-order valence-corrected chi connectivity index (χ0v) is 11.2. The van der Waals surface area contributed by atoms with Crippen LogP contribution in [0.3, 0.4) is 0 Å². The van der Waals surface area contributed by atoms with Crippen molar-refractivity contribution in [2.75, 3.05) is 0 Å². The van der Waals surface area contributed by atoms with Gasteiger partial charge >= 0.3 is 0 Å². The third-order valence-corrected chi connectivity index (χ3v) is 3.44. The van der Waals surface area contributed by atoms with E-state index < -0.39 is 0 Å². The second-order valence-electron chi connectivity index (χ2n) is 1.92. The zero-order chi connectivity index (χ0) is 9.46. The van der Waals surface area contributed by atoms with E-state index in [1.165, 1.54) is 0 Å². The Morgan fingerprint density at radius 2 is 0.846 bits per heavy atom. The Labute approximate surface area is 113 Å².